The molecule has 4 N–H and O–H groups in total. The lowest BCUT2D eigenvalue weighted by Gasteiger charge is -2.20. The molecule has 1 amide bonds. The first-order valence-corrected chi connectivity index (χ1v) is 5.54. The first-order valence-electron chi connectivity index (χ1n) is 5.54. The molecule has 0 aliphatic heterocycles. The summed E-state index contributed by atoms with van der Waals surface area (Å²) in [6, 6.07) is 0. The molecule has 1 aliphatic carbocycles. The Balaban J connectivity index is 2.62. The van der Waals surface area contributed by atoms with Gasteiger partial charge in [-0.25, -0.2) is 0 Å². The molecular weight excluding hydrogens is 190 g/mol. The van der Waals surface area contributed by atoms with Crippen LogP contribution in [0.15, 0.2) is 4.99 Å². The molecule has 1 fully saturated rings. The van der Waals surface area contributed by atoms with Gasteiger partial charge < -0.3 is 11.5 Å². The Kier molecular flexibility index (Phi) is 3.72. The van der Waals surface area contributed by atoms with E-state index in [0.29, 0.717) is 11.8 Å². The lowest BCUT2D eigenvalue weighted by molar-refractivity contribution is -0.118. The van der Waals surface area contributed by atoms with Crippen molar-refractivity contribution >= 4 is 11.7 Å². The van der Waals surface area contributed by atoms with Gasteiger partial charge in [0.1, 0.15) is 0 Å². The Labute approximate surface area is 91.1 Å². The lowest BCUT2D eigenvalue weighted by Crippen LogP contribution is -2.31. The summed E-state index contributed by atoms with van der Waals surface area (Å²) in [5.41, 5.74) is 10.6. The molecule has 4 heteroatoms. The van der Waals surface area contributed by atoms with Crippen LogP contribution in [0.2, 0.25) is 0 Å². The van der Waals surface area contributed by atoms with Crippen LogP contribution in [0.1, 0.15) is 46.0 Å². The highest BCUT2D eigenvalue weighted by Crippen LogP contribution is 2.26. The average Bonchev–Trinajstić information content (AvgIpc) is 2.50. The fourth-order valence-electron chi connectivity index (χ4n) is 2.13. The Bertz CT molecular complexity index is 265. The molecule has 0 aromatic rings. The number of hydrogen-bond acceptors (Lipinski definition) is 2. The van der Waals surface area contributed by atoms with Gasteiger partial charge in [-0.2, -0.15) is 0 Å². The van der Waals surface area contributed by atoms with E-state index in [1.165, 1.54) is 12.8 Å². The van der Waals surface area contributed by atoms with Crippen LogP contribution in [0.4, 0.5) is 0 Å². The van der Waals surface area contributed by atoms with Crippen molar-refractivity contribution in [1.29, 1.82) is 0 Å². The Morgan fingerprint density at radius 1 is 1.33 bits per heavy atom. The predicted octanol–water partition coefficient (Wildman–Crippen LogP) is 1.19. The summed E-state index contributed by atoms with van der Waals surface area (Å²) < 4.78 is 0. The smallest absolute Gasteiger partial charge is 0.219 e. The van der Waals surface area contributed by atoms with E-state index >= 15 is 0 Å². The second-order valence-electron chi connectivity index (χ2n) is 4.97. The summed E-state index contributed by atoms with van der Waals surface area (Å²) in [5.74, 6) is 0.777. The quantitative estimate of drug-likeness (QED) is 0.541. The molecule has 0 radical (unpaired) electrons. The van der Waals surface area contributed by atoms with Crippen LogP contribution < -0.4 is 11.5 Å². The third-order valence-corrected chi connectivity index (χ3v) is 2.81. The molecule has 1 aliphatic rings. The summed E-state index contributed by atoms with van der Waals surface area (Å²) in [5, 5.41) is 0. The third-order valence-electron chi connectivity index (χ3n) is 2.81. The largest absolute Gasteiger partial charge is 0.387 e. The first-order chi connectivity index (χ1) is 6.91. The standard InChI is InChI=1S/C11H21N3O/c1-11(2,7-9(12)15)14-10(13)8-5-3-4-6-8/h8H,3-7H2,1-2H3,(H2,12,15)(H2,13,14). The number of rotatable bonds is 4. The van der Waals surface area contributed by atoms with Gasteiger partial charge in [0, 0.05) is 5.92 Å². The molecule has 1 saturated carbocycles. The molecule has 0 saturated heterocycles. The Morgan fingerprint density at radius 2 is 1.87 bits per heavy atom. The van der Waals surface area contributed by atoms with E-state index in [1.54, 1.807) is 0 Å². The number of aliphatic imine (C=N–C) groups is 1. The van der Waals surface area contributed by atoms with Gasteiger partial charge in [0.15, 0.2) is 0 Å². The van der Waals surface area contributed by atoms with Crippen LogP contribution in [-0.4, -0.2) is 17.3 Å². The number of nitrogens with two attached hydrogens (primary N) is 2. The third kappa shape index (κ3) is 3.90. The second kappa shape index (κ2) is 4.64. The number of amides is 1. The highest BCUT2D eigenvalue weighted by atomic mass is 16.1. The van der Waals surface area contributed by atoms with Crippen molar-refractivity contribution in [2.24, 2.45) is 22.4 Å². The normalized spacial score (nSPS) is 19.5. The molecule has 0 aromatic heterocycles. The molecule has 0 aromatic carbocycles. The van der Waals surface area contributed by atoms with E-state index in [4.69, 9.17) is 11.5 Å². The molecule has 15 heavy (non-hydrogen) atoms. The number of amidine groups is 1. The maximum absolute atomic E-state index is 10.8. The van der Waals surface area contributed by atoms with Crippen molar-refractivity contribution < 1.29 is 4.79 Å². The SMILES string of the molecule is CC(C)(CC(N)=O)N=C(N)C1CCCC1. The van der Waals surface area contributed by atoms with E-state index in [2.05, 4.69) is 4.99 Å². The van der Waals surface area contributed by atoms with Gasteiger partial charge in [0.2, 0.25) is 5.91 Å². The first kappa shape index (κ1) is 12.0. The van der Waals surface area contributed by atoms with Gasteiger partial charge in [-0.15, -0.1) is 0 Å². The minimum Gasteiger partial charge on any atom is -0.387 e. The molecule has 0 atom stereocenters. The Morgan fingerprint density at radius 3 is 2.33 bits per heavy atom. The maximum atomic E-state index is 10.8. The van der Waals surface area contributed by atoms with Gasteiger partial charge in [-0.05, 0) is 26.7 Å². The van der Waals surface area contributed by atoms with Crippen LogP contribution >= 0.6 is 0 Å². The fourth-order valence-corrected chi connectivity index (χ4v) is 2.13. The lowest BCUT2D eigenvalue weighted by atomic mass is 10.00. The fraction of sp³-hybridized carbons (Fsp3) is 0.818. The van der Waals surface area contributed by atoms with Crippen molar-refractivity contribution in [2.75, 3.05) is 0 Å². The van der Waals surface area contributed by atoms with Crippen LogP contribution in [0.3, 0.4) is 0 Å². The number of hydrogen-bond donors (Lipinski definition) is 2. The molecule has 1 rings (SSSR count). The zero-order valence-electron chi connectivity index (χ0n) is 9.62. The van der Waals surface area contributed by atoms with E-state index in [1.807, 2.05) is 13.8 Å². The van der Waals surface area contributed by atoms with Crippen molar-refractivity contribution in [1.82, 2.24) is 0 Å². The predicted molar refractivity (Wildman–Crippen MR) is 61.5 cm³/mol. The van der Waals surface area contributed by atoms with Gasteiger partial charge in [0.25, 0.3) is 0 Å². The van der Waals surface area contributed by atoms with Crippen molar-refractivity contribution in [2.45, 2.75) is 51.5 Å². The number of carbonyl (C=O) groups excluding carboxylic acids is 1. The molecule has 86 valence electrons. The molecule has 0 heterocycles. The van der Waals surface area contributed by atoms with E-state index in [-0.39, 0.29) is 12.3 Å². The monoisotopic (exact) mass is 211 g/mol. The van der Waals surface area contributed by atoms with Crippen molar-refractivity contribution in [3.63, 3.8) is 0 Å². The van der Waals surface area contributed by atoms with Crippen LogP contribution in [0.5, 0.6) is 0 Å². The molecule has 0 bridgehead atoms. The summed E-state index contributed by atoms with van der Waals surface area (Å²) in [4.78, 5) is 15.3. The molecule has 0 unspecified atom stereocenters. The topological polar surface area (TPSA) is 81.5 Å². The maximum Gasteiger partial charge on any atom is 0.219 e. The van der Waals surface area contributed by atoms with Gasteiger partial charge in [0.05, 0.1) is 17.8 Å². The van der Waals surface area contributed by atoms with E-state index < -0.39 is 5.54 Å². The molecule has 0 spiro atoms. The molecular formula is C11H21N3O. The van der Waals surface area contributed by atoms with Crippen LogP contribution in [-0.2, 0) is 4.79 Å². The zero-order valence-corrected chi connectivity index (χ0v) is 9.62. The van der Waals surface area contributed by atoms with Gasteiger partial charge in [-0.3, -0.25) is 9.79 Å². The summed E-state index contributed by atoms with van der Waals surface area (Å²) >= 11 is 0. The summed E-state index contributed by atoms with van der Waals surface area (Å²) in [7, 11) is 0. The van der Waals surface area contributed by atoms with E-state index in [0.717, 1.165) is 12.8 Å². The second-order valence-corrected chi connectivity index (χ2v) is 4.97. The minimum atomic E-state index is -0.460. The zero-order chi connectivity index (χ0) is 11.5. The minimum absolute atomic E-state index is 0.250. The number of carbonyl (C=O) groups is 1. The number of nitrogens with zero attached hydrogens (tertiary/aromatic N) is 1. The summed E-state index contributed by atoms with van der Waals surface area (Å²) in [6.07, 6.45) is 4.97. The van der Waals surface area contributed by atoms with Gasteiger partial charge >= 0.3 is 0 Å². The van der Waals surface area contributed by atoms with E-state index in [9.17, 15) is 4.79 Å². The molecule has 4 nitrogen and oxygen atoms in total. The summed E-state index contributed by atoms with van der Waals surface area (Å²) in [6.45, 7) is 3.78. The highest BCUT2D eigenvalue weighted by molar-refractivity contribution is 5.84. The van der Waals surface area contributed by atoms with Gasteiger partial charge in [-0.1, -0.05) is 12.8 Å². The van der Waals surface area contributed by atoms with Crippen LogP contribution in [0.25, 0.3) is 0 Å². The average molecular weight is 211 g/mol. The van der Waals surface area contributed by atoms with Crippen LogP contribution in [0, 0.1) is 5.92 Å². The van der Waals surface area contributed by atoms with Crippen molar-refractivity contribution in [3.05, 3.63) is 0 Å². The van der Waals surface area contributed by atoms with Crippen molar-refractivity contribution in [3.8, 4) is 0 Å². The highest BCUT2D eigenvalue weighted by Gasteiger charge is 2.24. The Hall–Kier alpha value is -1.06. The number of primary amides is 1.